The Bertz CT molecular complexity index is 990. The number of carbonyl (C=O) groups excluding carboxylic acids is 1. The topological polar surface area (TPSA) is 86.6 Å². The Kier molecular flexibility index (Phi) is 6.92. The molecule has 1 saturated carbocycles. The van der Waals surface area contributed by atoms with Crippen molar-refractivity contribution in [1.82, 2.24) is 0 Å². The molecule has 0 saturated heterocycles. The highest BCUT2D eigenvalue weighted by molar-refractivity contribution is 5.95. The third-order valence-corrected chi connectivity index (χ3v) is 6.63. The minimum absolute atomic E-state index is 0.214. The zero-order chi connectivity index (χ0) is 24.6. The highest BCUT2D eigenvalue weighted by Crippen LogP contribution is 2.42. The number of nitrogens with one attached hydrogen (secondary N) is 1. The van der Waals surface area contributed by atoms with Crippen molar-refractivity contribution >= 4 is 17.6 Å². The van der Waals surface area contributed by atoms with Gasteiger partial charge in [0, 0.05) is 16.8 Å². The van der Waals surface area contributed by atoms with Crippen LogP contribution in [0.15, 0.2) is 36.4 Å². The van der Waals surface area contributed by atoms with E-state index in [4.69, 9.17) is 0 Å². The number of benzene rings is 2. The number of aromatic hydroxyl groups is 1. The van der Waals surface area contributed by atoms with E-state index in [1.54, 1.807) is 0 Å². The van der Waals surface area contributed by atoms with E-state index in [0.717, 1.165) is 35.1 Å². The van der Waals surface area contributed by atoms with E-state index in [2.05, 4.69) is 46.9 Å². The number of aliphatic carboxylic acids is 1. The summed E-state index contributed by atoms with van der Waals surface area (Å²) in [5.41, 5.74) is 4.04. The minimum atomic E-state index is -0.887. The van der Waals surface area contributed by atoms with E-state index in [9.17, 15) is 19.8 Å². The Morgan fingerprint density at radius 3 is 1.76 bits per heavy atom. The van der Waals surface area contributed by atoms with Crippen LogP contribution in [0.25, 0.3) is 11.1 Å². The monoisotopic (exact) mass is 451 g/mol. The van der Waals surface area contributed by atoms with E-state index >= 15 is 0 Å². The summed E-state index contributed by atoms with van der Waals surface area (Å²) in [4.78, 5) is 24.3. The molecule has 0 heterocycles. The predicted molar refractivity (Wildman–Crippen MR) is 133 cm³/mol. The molecule has 1 aliphatic carbocycles. The third kappa shape index (κ3) is 5.58. The molecule has 0 aromatic heterocycles. The van der Waals surface area contributed by atoms with Crippen LogP contribution in [0, 0.1) is 11.8 Å². The summed E-state index contributed by atoms with van der Waals surface area (Å²) >= 11 is 0. The Hall–Kier alpha value is -2.82. The first kappa shape index (κ1) is 24.8. The van der Waals surface area contributed by atoms with E-state index in [0.29, 0.717) is 24.3 Å². The number of hydrogen-bond donors (Lipinski definition) is 3. The van der Waals surface area contributed by atoms with Gasteiger partial charge < -0.3 is 15.5 Å². The van der Waals surface area contributed by atoms with Gasteiger partial charge in [-0.25, -0.2) is 0 Å². The fraction of sp³-hybridized carbons (Fsp3) is 0.500. The largest absolute Gasteiger partial charge is 0.507 e. The quantitative estimate of drug-likeness (QED) is 0.496. The molecule has 0 spiro atoms. The molecule has 1 aliphatic rings. The maximum Gasteiger partial charge on any atom is 0.307 e. The highest BCUT2D eigenvalue weighted by atomic mass is 16.4. The summed E-state index contributed by atoms with van der Waals surface area (Å²) < 4.78 is 0. The van der Waals surface area contributed by atoms with Crippen LogP contribution >= 0.6 is 0 Å². The van der Waals surface area contributed by atoms with Crippen LogP contribution in [0.1, 0.15) is 78.4 Å². The van der Waals surface area contributed by atoms with Crippen molar-refractivity contribution in [3.05, 3.63) is 47.5 Å². The first-order valence-corrected chi connectivity index (χ1v) is 11.8. The average molecular weight is 452 g/mol. The molecular formula is C28H37NO4. The molecule has 0 bridgehead atoms. The van der Waals surface area contributed by atoms with Crippen LogP contribution in [0.4, 0.5) is 5.69 Å². The van der Waals surface area contributed by atoms with Gasteiger partial charge in [0.25, 0.3) is 0 Å². The fourth-order valence-electron chi connectivity index (χ4n) is 4.67. The maximum atomic E-state index is 12.8. The molecule has 178 valence electrons. The molecule has 5 heteroatoms. The molecular weight excluding hydrogens is 414 g/mol. The number of carboxylic acids is 1. The van der Waals surface area contributed by atoms with Gasteiger partial charge in [0.15, 0.2) is 0 Å². The molecule has 2 aromatic rings. The number of carboxylic acid groups (broad SMARTS) is 1. The highest BCUT2D eigenvalue weighted by Gasteiger charge is 2.35. The predicted octanol–water partition coefficient (Wildman–Crippen LogP) is 6.48. The number of anilines is 1. The number of hydrogen-bond acceptors (Lipinski definition) is 3. The lowest BCUT2D eigenvalue weighted by Crippen LogP contribution is -2.36. The molecule has 2 unspecified atom stereocenters. The van der Waals surface area contributed by atoms with Crippen molar-refractivity contribution in [1.29, 1.82) is 0 Å². The van der Waals surface area contributed by atoms with E-state index < -0.39 is 17.8 Å². The van der Waals surface area contributed by atoms with Gasteiger partial charge in [0.05, 0.1) is 11.8 Å². The summed E-state index contributed by atoms with van der Waals surface area (Å²) in [7, 11) is 0. The second-order valence-electron chi connectivity index (χ2n) is 11.3. The lowest BCUT2D eigenvalue weighted by atomic mass is 9.77. The molecule has 5 nitrogen and oxygen atoms in total. The summed E-state index contributed by atoms with van der Waals surface area (Å²) in [6.45, 7) is 12.5. The fourth-order valence-corrected chi connectivity index (χ4v) is 4.67. The molecule has 3 rings (SSSR count). The molecule has 3 N–H and O–H groups in total. The molecule has 0 aliphatic heterocycles. The van der Waals surface area contributed by atoms with Gasteiger partial charge in [-0.1, -0.05) is 66.5 Å². The van der Waals surface area contributed by atoms with Gasteiger partial charge in [0.2, 0.25) is 5.91 Å². The first-order valence-electron chi connectivity index (χ1n) is 11.8. The van der Waals surface area contributed by atoms with Gasteiger partial charge >= 0.3 is 5.97 Å². The van der Waals surface area contributed by atoms with Crippen molar-refractivity contribution in [3.8, 4) is 16.9 Å². The Morgan fingerprint density at radius 1 is 0.818 bits per heavy atom. The average Bonchev–Trinajstić information content (AvgIpc) is 2.72. The summed E-state index contributed by atoms with van der Waals surface area (Å²) in [6, 6.07) is 11.7. The summed E-state index contributed by atoms with van der Waals surface area (Å²) in [5, 5.41) is 23.3. The van der Waals surface area contributed by atoms with Crippen LogP contribution in [-0.4, -0.2) is 22.1 Å². The molecule has 0 radical (unpaired) electrons. The molecule has 2 aromatic carbocycles. The second kappa shape index (κ2) is 9.20. The van der Waals surface area contributed by atoms with E-state index in [1.165, 1.54) is 0 Å². The molecule has 1 fully saturated rings. The smallest absolute Gasteiger partial charge is 0.307 e. The normalized spacial score (nSPS) is 19.2. The van der Waals surface area contributed by atoms with Crippen molar-refractivity contribution < 1.29 is 19.8 Å². The van der Waals surface area contributed by atoms with E-state index in [-0.39, 0.29) is 16.7 Å². The van der Waals surface area contributed by atoms with Gasteiger partial charge in [-0.2, -0.15) is 0 Å². The number of rotatable bonds is 4. The lowest BCUT2D eigenvalue weighted by molar-refractivity contribution is -0.147. The molecule has 2 atom stereocenters. The summed E-state index contributed by atoms with van der Waals surface area (Å²) in [6.07, 6.45) is 2.90. The number of phenolic OH excluding ortho intramolecular Hbond substituents is 1. The number of amides is 1. The number of carbonyl (C=O) groups is 2. The van der Waals surface area contributed by atoms with Crippen LogP contribution in [0.3, 0.4) is 0 Å². The van der Waals surface area contributed by atoms with Crippen LogP contribution in [0.2, 0.25) is 0 Å². The third-order valence-electron chi connectivity index (χ3n) is 6.63. The van der Waals surface area contributed by atoms with Gasteiger partial charge in [-0.05, 0) is 59.1 Å². The molecule has 1 amide bonds. The van der Waals surface area contributed by atoms with Gasteiger partial charge in [0.1, 0.15) is 5.75 Å². The van der Waals surface area contributed by atoms with Crippen LogP contribution in [0.5, 0.6) is 5.75 Å². The first-order chi connectivity index (χ1) is 15.3. The Labute approximate surface area is 197 Å². The van der Waals surface area contributed by atoms with Gasteiger partial charge in [-0.15, -0.1) is 0 Å². The zero-order valence-electron chi connectivity index (χ0n) is 20.7. The SMILES string of the molecule is CC(C)(C)c1cc(-c2ccc(NC(=O)C3CCCCC3C(=O)O)cc2)cc(C(C)(C)C)c1O. The Balaban J connectivity index is 1.88. The standard InChI is InChI=1S/C28H37NO4/c1-27(2,3)22-15-18(16-23(24(22)30)28(4,5)6)17-11-13-19(14-12-17)29-25(31)20-9-7-8-10-21(20)26(32)33/h11-16,20-21,30H,7-10H2,1-6H3,(H,29,31)(H,32,33). The van der Waals surface area contributed by atoms with Crippen LogP contribution in [-0.2, 0) is 20.4 Å². The summed E-state index contributed by atoms with van der Waals surface area (Å²) in [5.74, 6) is -1.85. The minimum Gasteiger partial charge on any atom is -0.507 e. The van der Waals surface area contributed by atoms with Crippen LogP contribution < -0.4 is 5.32 Å². The number of phenols is 1. The Morgan fingerprint density at radius 2 is 1.30 bits per heavy atom. The zero-order valence-corrected chi connectivity index (χ0v) is 20.7. The molecule has 33 heavy (non-hydrogen) atoms. The maximum absolute atomic E-state index is 12.8. The van der Waals surface area contributed by atoms with Crippen molar-refractivity contribution in [3.63, 3.8) is 0 Å². The van der Waals surface area contributed by atoms with Crippen molar-refractivity contribution in [2.75, 3.05) is 5.32 Å². The second-order valence-corrected chi connectivity index (χ2v) is 11.3. The van der Waals surface area contributed by atoms with E-state index in [1.807, 2.05) is 36.4 Å². The van der Waals surface area contributed by atoms with Gasteiger partial charge in [-0.3, -0.25) is 9.59 Å². The van der Waals surface area contributed by atoms with Crippen molar-refractivity contribution in [2.45, 2.75) is 78.1 Å². The lowest BCUT2D eigenvalue weighted by Gasteiger charge is -2.28. The van der Waals surface area contributed by atoms with Crippen molar-refractivity contribution in [2.24, 2.45) is 11.8 Å².